The Hall–Kier alpha value is -0.890. The minimum Gasteiger partial charge on any atom is -0.364 e. The van der Waals surface area contributed by atoms with Gasteiger partial charge in [0.25, 0.3) is 0 Å². The van der Waals surface area contributed by atoms with E-state index in [2.05, 4.69) is 10.2 Å². The van der Waals surface area contributed by atoms with E-state index in [4.69, 9.17) is 0 Å². The van der Waals surface area contributed by atoms with E-state index in [1.807, 2.05) is 0 Å². The van der Waals surface area contributed by atoms with Crippen LogP contribution in [0.4, 0.5) is 17.6 Å². The van der Waals surface area contributed by atoms with Crippen molar-refractivity contribution in [2.75, 3.05) is 19.6 Å². The molecule has 1 aliphatic heterocycles. The second-order valence-corrected chi connectivity index (χ2v) is 3.61. The van der Waals surface area contributed by atoms with Crippen molar-refractivity contribution in [2.45, 2.75) is 24.7 Å². The smallest absolute Gasteiger partial charge is 0.364 e. The highest BCUT2D eigenvalue weighted by molar-refractivity contribution is 5.75. The summed E-state index contributed by atoms with van der Waals surface area (Å²) >= 11 is 0. The van der Waals surface area contributed by atoms with Gasteiger partial charge in [-0.3, -0.25) is 0 Å². The fourth-order valence-corrected chi connectivity index (χ4v) is 1.34. The van der Waals surface area contributed by atoms with E-state index in [0.29, 0.717) is 13.1 Å². The maximum Gasteiger partial charge on any atom is 0.492 e. The van der Waals surface area contributed by atoms with Crippen LogP contribution in [0, 0.1) is 0 Å². The predicted molar refractivity (Wildman–Crippen MR) is 46.1 cm³/mol. The van der Waals surface area contributed by atoms with Crippen LogP contribution in [0.15, 0.2) is 0 Å². The van der Waals surface area contributed by atoms with Gasteiger partial charge < -0.3 is 10.2 Å². The van der Waals surface area contributed by atoms with Crippen LogP contribution in [-0.4, -0.2) is 37.4 Å². The third-order valence-electron chi connectivity index (χ3n) is 2.28. The Morgan fingerprint density at radius 2 is 1.94 bits per heavy atom. The first-order chi connectivity index (χ1) is 7.33. The van der Waals surface area contributed by atoms with E-state index in [0.717, 1.165) is 0 Å². The minimum absolute atomic E-state index is 0.170. The first kappa shape index (κ1) is 13.2. The summed E-state index contributed by atoms with van der Waals surface area (Å²) < 4.78 is 48.8. The second-order valence-electron chi connectivity index (χ2n) is 3.61. The van der Waals surface area contributed by atoms with Crippen molar-refractivity contribution in [3.05, 3.63) is 0 Å². The molecule has 8 heteroatoms. The Morgan fingerprint density at radius 1 is 1.38 bits per heavy atom. The molecule has 4 nitrogen and oxygen atoms in total. The molecular formula is C8H12F4N2O2. The average molecular weight is 244 g/mol. The molecule has 0 amide bonds. The number of nitrogens with one attached hydrogen (secondary N) is 2. The summed E-state index contributed by atoms with van der Waals surface area (Å²) in [6, 6.07) is 0. The van der Waals surface area contributed by atoms with E-state index < -0.39 is 24.4 Å². The average Bonchev–Trinajstić information content (AvgIpc) is 2.17. The third-order valence-corrected chi connectivity index (χ3v) is 2.28. The SMILES string of the molecule is O=C(ONCC1(F)CCNCC1)C(F)(F)F. The van der Waals surface area contributed by atoms with E-state index in [1.54, 1.807) is 5.48 Å². The number of carbonyl (C=O) groups excluding carboxylic acids is 1. The molecule has 0 bridgehead atoms. The molecule has 1 aliphatic rings. The van der Waals surface area contributed by atoms with Gasteiger partial charge >= 0.3 is 12.1 Å². The number of hydroxylamine groups is 1. The molecule has 16 heavy (non-hydrogen) atoms. The first-order valence-corrected chi connectivity index (χ1v) is 4.74. The Kier molecular flexibility index (Phi) is 4.09. The zero-order valence-corrected chi connectivity index (χ0v) is 8.36. The molecule has 0 aromatic heterocycles. The topological polar surface area (TPSA) is 50.4 Å². The van der Waals surface area contributed by atoms with Gasteiger partial charge in [-0.1, -0.05) is 0 Å². The van der Waals surface area contributed by atoms with Crippen LogP contribution >= 0.6 is 0 Å². The molecule has 94 valence electrons. The van der Waals surface area contributed by atoms with E-state index in [-0.39, 0.29) is 12.8 Å². The number of piperidine rings is 1. The number of alkyl halides is 4. The van der Waals surface area contributed by atoms with Gasteiger partial charge in [0.15, 0.2) is 0 Å². The predicted octanol–water partition coefficient (Wildman–Crippen LogP) is 0.688. The summed E-state index contributed by atoms with van der Waals surface area (Å²) in [5.41, 5.74) is 0.102. The van der Waals surface area contributed by atoms with Crippen molar-refractivity contribution in [1.29, 1.82) is 0 Å². The number of hydrogen-bond acceptors (Lipinski definition) is 4. The van der Waals surface area contributed by atoms with Crippen molar-refractivity contribution in [2.24, 2.45) is 0 Å². The zero-order chi connectivity index (χ0) is 12.2. The molecule has 2 N–H and O–H groups in total. The molecule has 0 unspecified atom stereocenters. The lowest BCUT2D eigenvalue weighted by Gasteiger charge is -2.29. The second kappa shape index (κ2) is 4.96. The monoisotopic (exact) mass is 244 g/mol. The van der Waals surface area contributed by atoms with Gasteiger partial charge in [0.1, 0.15) is 5.67 Å². The van der Waals surface area contributed by atoms with Gasteiger partial charge in [-0.2, -0.15) is 13.2 Å². The van der Waals surface area contributed by atoms with Crippen LogP contribution in [-0.2, 0) is 9.63 Å². The summed E-state index contributed by atoms with van der Waals surface area (Å²) in [5.74, 6) is -2.37. The Labute approximate surface area is 89.3 Å². The molecule has 0 aliphatic carbocycles. The fourth-order valence-electron chi connectivity index (χ4n) is 1.34. The quantitative estimate of drug-likeness (QED) is 0.566. The molecule has 0 spiro atoms. The normalized spacial score (nSPS) is 20.5. The van der Waals surface area contributed by atoms with Gasteiger partial charge in [-0.25, -0.2) is 9.18 Å². The summed E-state index contributed by atoms with van der Waals surface area (Å²) in [6.07, 6.45) is -4.72. The van der Waals surface area contributed by atoms with Gasteiger partial charge in [0.2, 0.25) is 0 Å². The number of rotatable bonds is 3. The molecule has 1 saturated heterocycles. The van der Waals surface area contributed by atoms with Crippen LogP contribution in [0.3, 0.4) is 0 Å². The molecule has 0 aromatic carbocycles. The molecule has 1 fully saturated rings. The van der Waals surface area contributed by atoms with Crippen LogP contribution in [0.5, 0.6) is 0 Å². The first-order valence-electron chi connectivity index (χ1n) is 4.74. The Morgan fingerprint density at radius 3 is 2.44 bits per heavy atom. The van der Waals surface area contributed by atoms with Crippen molar-refractivity contribution in [3.63, 3.8) is 0 Å². The molecule has 0 radical (unpaired) electrons. The summed E-state index contributed by atoms with van der Waals surface area (Å²) in [5, 5.41) is 2.91. The van der Waals surface area contributed by atoms with Gasteiger partial charge in [0, 0.05) is 0 Å². The fraction of sp³-hybridized carbons (Fsp3) is 0.875. The van der Waals surface area contributed by atoms with Crippen molar-refractivity contribution in [1.82, 2.24) is 10.8 Å². The molecule has 0 aromatic rings. The summed E-state index contributed by atoms with van der Waals surface area (Å²) in [4.78, 5) is 14.0. The van der Waals surface area contributed by atoms with E-state index >= 15 is 0 Å². The highest BCUT2D eigenvalue weighted by Crippen LogP contribution is 2.22. The maximum absolute atomic E-state index is 13.7. The zero-order valence-electron chi connectivity index (χ0n) is 8.36. The van der Waals surface area contributed by atoms with Crippen LogP contribution in [0.1, 0.15) is 12.8 Å². The number of hydrogen-bond donors (Lipinski definition) is 2. The molecular weight excluding hydrogens is 232 g/mol. The van der Waals surface area contributed by atoms with Gasteiger partial charge in [-0.15, -0.1) is 5.48 Å². The molecule has 1 rings (SSSR count). The van der Waals surface area contributed by atoms with E-state index in [9.17, 15) is 22.4 Å². The lowest BCUT2D eigenvalue weighted by Crippen LogP contribution is -2.46. The van der Waals surface area contributed by atoms with Crippen molar-refractivity contribution >= 4 is 5.97 Å². The van der Waals surface area contributed by atoms with E-state index in [1.165, 1.54) is 0 Å². The van der Waals surface area contributed by atoms with Gasteiger partial charge in [0.05, 0.1) is 6.54 Å². The number of carbonyl (C=O) groups is 1. The van der Waals surface area contributed by atoms with Crippen LogP contribution in [0.25, 0.3) is 0 Å². The lowest BCUT2D eigenvalue weighted by atomic mass is 9.95. The summed E-state index contributed by atoms with van der Waals surface area (Å²) in [6.45, 7) is 0.466. The summed E-state index contributed by atoms with van der Waals surface area (Å²) in [7, 11) is 0. The molecule has 0 atom stereocenters. The standard InChI is InChI=1S/C8H12F4N2O2/c9-7(1-3-13-4-2-7)5-14-16-6(15)8(10,11)12/h13-14H,1-5H2. The Balaban J connectivity index is 2.27. The van der Waals surface area contributed by atoms with Crippen LogP contribution < -0.4 is 10.8 Å². The van der Waals surface area contributed by atoms with Crippen molar-refractivity contribution in [3.8, 4) is 0 Å². The molecule has 0 saturated carbocycles. The van der Waals surface area contributed by atoms with Gasteiger partial charge in [-0.05, 0) is 25.9 Å². The van der Waals surface area contributed by atoms with Crippen molar-refractivity contribution < 1.29 is 27.2 Å². The number of halogens is 4. The largest absolute Gasteiger partial charge is 0.492 e. The minimum atomic E-state index is -5.06. The van der Waals surface area contributed by atoms with Crippen LogP contribution in [0.2, 0.25) is 0 Å². The lowest BCUT2D eigenvalue weighted by molar-refractivity contribution is -0.208. The third kappa shape index (κ3) is 3.93. The highest BCUT2D eigenvalue weighted by Gasteiger charge is 2.42. The highest BCUT2D eigenvalue weighted by atomic mass is 19.4. The maximum atomic E-state index is 13.7. The Bertz CT molecular complexity index is 251. The molecule has 1 heterocycles.